The first-order valence-electron chi connectivity index (χ1n) is 27.8. The zero-order valence-electron chi connectivity index (χ0n) is 46.8. The molecule has 1 fully saturated rings. The Bertz CT molecular complexity index is 3130. The molecule has 0 aromatic heterocycles. The summed E-state index contributed by atoms with van der Waals surface area (Å²) in [5, 5.41) is 0. The molecule has 3 nitrogen and oxygen atoms in total. The Hall–Kier alpha value is -4.70. The molecule has 3 heterocycles. The summed E-state index contributed by atoms with van der Waals surface area (Å²) in [7, 11) is 0. The van der Waals surface area contributed by atoms with Crippen LogP contribution in [-0.2, 0) is 37.2 Å². The van der Waals surface area contributed by atoms with Crippen LogP contribution in [0, 0.1) is 23.7 Å². The standard InChI is InChI=1S/C67H83BN2O/c1-40-20-18-19-21-44(40)41-34-53-56-54(35-41)70(43-23-25-46-48(37-43)63(8,9)29-27-61(46,4)5)59-57(55-58(71-59)67(16,17)33-32-66(55,14)15)68(56)51-38-49-50(65(12,13)31-30-64(49,10)11)39-52(51)69(53)42-22-24-45-47(36-42)62(6,7)28-26-60(45,2)3/h18-25,34-39,55,58H,26-33H2,1-17H3. The molecular weight excluding hydrogens is 860 g/mol. The van der Waals surface area contributed by atoms with Gasteiger partial charge in [-0.1, -0.05) is 153 Å². The van der Waals surface area contributed by atoms with Crippen molar-refractivity contribution in [3.8, 4) is 11.1 Å². The van der Waals surface area contributed by atoms with E-state index in [-0.39, 0.29) is 62.1 Å². The maximum absolute atomic E-state index is 7.96. The van der Waals surface area contributed by atoms with Gasteiger partial charge in [0.15, 0.2) is 5.88 Å². The third-order valence-electron chi connectivity index (χ3n) is 20.8. The molecule has 0 saturated heterocycles. The second-order valence-corrected chi connectivity index (χ2v) is 29.3. The van der Waals surface area contributed by atoms with E-state index in [1.54, 1.807) is 0 Å². The summed E-state index contributed by atoms with van der Waals surface area (Å²) >= 11 is 0. The second-order valence-electron chi connectivity index (χ2n) is 29.3. The number of fused-ring (bicyclic) bond motifs is 8. The monoisotopic (exact) mass is 943 g/mol. The van der Waals surface area contributed by atoms with Crippen LogP contribution in [0.1, 0.15) is 201 Å². The zero-order valence-corrected chi connectivity index (χ0v) is 46.8. The second kappa shape index (κ2) is 14.8. The van der Waals surface area contributed by atoms with Crippen LogP contribution in [0.3, 0.4) is 0 Å². The Morgan fingerprint density at radius 1 is 0.451 bits per heavy atom. The van der Waals surface area contributed by atoms with Crippen LogP contribution in [-0.4, -0.2) is 12.8 Å². The number of ether oxygens (including phenoxy) is 1. The molecule has 0 radical (unpaired) electrons. The predicted molar refractivity (Wildman–Crippen MR) is 303 cm³/mol. The minimum absolute atomic E-state index is 0.00149. The highest BCUT2D eigenvalue weighted by atomic mass is 16.5. The van der Waals surface area contributed by atoms with Crippen molar-refractivity contribution in [2.24, 2.45) is 16.7 Å². The van der Waals surface area contributed by atoms with Gasteiger partial charge in [-0.2, -0.15) is 0 Å². The van der Waals surface area contributed by atoms with E-state index in [1.807, 2.05) is 0 Å². The highest BCUT2D eigenvalue weighted by Crippen LogP contribution is 2.62. The van der Waals surface area contributed by atoms with Crippen molar-refractivity contribution in [1.29, 1.82) is 0 Å². The summed E-state index contributed by atoms with van der Waals surface area (Å²) in [5.74, 6) is 1.33. The van der Waals surface area contributed by atoms with Gasteiger partial charge in [-0.3, -0.25) is 4.90 Å². The van der Waals surface area contributed by atoms with Gasteiger partial charge in [-0.05, 0) is 205 Å². The average Bonchev–Trinajstić information content (AvgIpc) is 3.73. The van der Waals surface area contributed by atoms with E-state index >= 15 is 0 Å². The maximum atomic E-state index is 7.96. The number of rotatable bonds is 3. The van der Waals surface area contributed by atoms with E-state index in [2.05, 4.69) is 212 Å². The molecule has 7 aliphatic rings. The molecule has 370 valence electrons. The molecule has 0 amide bonds. The zero-order chi connectivity index (χ0) is 50.5. The van der Waals surface area contributed by atoms with Crippen molar-refractivity contribution < 1.29 is 4.74 Å². The van der Waals surface area contributed by atoms with E-state index < -0.39 is 0 Å². The lowest BCUT2D eigenvalue weighted by atomic mass is 9.29. The lowest BCUT2D eigenvalue weighted by Gasteiger charge is -2.50. The first-order chi connectivity index (χ1) is 33.0. The number of hydrogen-bond acceptors (Lipinski definition) is 3. The lowest BCUT2D eigenvalue weighted by molar-refractivity contribution is -0.0655. The lowest BCUT2D eigenvalue weighted by Crippen LogP contribution is -2.59. The van der Waals surface area contributed by atoms with E-state index in [0.717, 1.165) is 12.3 Å². The Labute approximate surface area is 429 Å². The number of aryl methyl sites for hydroxylation is 1. The van der Waals surface area contributed by atoms with Gasteiger partial charge in [-0.25, -0.2) is 0 Å². The summed E-state index contributed by atoms with van der Waals surface area (Å²) in [4.78, 5) is 5.41. The third-order valence-corrected chi connectivity index (χ3v) is 20.8. The van der Waals surface area contributed by atoms with Crippen molar-refractivity contribution in [1.82, 2.24) is 0 Å². The summed E-state index contributed by atoms with van der Waals surface area (Å²) in [6, 6.07) is 34.9. The average molecular weight is 943 g/mol. The number of hydrogen-bond donors (Lipinski definition) is 0. The van der Waals surface area contributed by atoms with E-state index in [0.29, 0.717) is 0 Å². The molecule has 5 aromatic rings. The molecule has 0 spiro atoms. The number of nitrogens with zero attached hydrogens (tertiary/aromatic N) is 2. The molecule has 71 heavy (non-hydrogen) atoms. The molecule has 1 saturated carbocycles. The first-order valence-corrected chi connectivity index (χ1v) is 27.8. The summed E-state index contributed by atoms with van der Waals surface area (Å²) in [6.07, 6.45) is 9.48. The maximum Gasteiger partial charge on any atom is 0.252 e. The molecule has 5 aromatic carbocycles. The molecular formula is C67H83BN2O. The normalized spacial score (nSPS) is 25.7. The minimum Gasteiger partial charge on any atom is -0.475 e. The van der Waals surface area contributed by atoms with Gasteiger partial charge in [0.1, 0.15) is 6.10 Å². The summed E-state index contributed by atoms with van der Waals surface area (Å²) < 4.78 is 7.96. The van der Waals surface area contributed by atoms with Crippen LogP contribution in [0.2, 0.25) is 0 Å². The van der Waals surface area contributed by atoms with Crippen molar-refractivity contribution in [3.05, 3.63) is 135 Å². The fourth-order valence-corrected chi connectivity index (χ4v) is 15.5. The summed E-state index contributed by atoms with van der Waals surface area (Å²) in [5.41, 5.74) is 24.2. The quantitative estimate of drug-likeness (QED) is 0.168. The third kappa shape index (κ3) is 6.79. The molecule has 0 bridgehead atoms. The SMILES string of the molecule is Cc1ccccc1-c1cc2c3c(c1)N(c1ccc4c(c1)C(C)(C)CCC4(C)C)c1cc4c(cc1B3C1=C(OC3C1C(C)(C)CCC3(C)C)N2c1ccc2c(c1)C(C)(C)CCC2(C)C)C(C)(C)CCC4(C)C. The van der Waals surface area contributed by atoms with Crippen LogP contribution in [0.15, 0.2) is 96.3 Å². The van der Waals surface area contributed by atoms with Gasteiger partial charge in [0.25, 0.3) is 6.71 Å². The Kier molecular flexibility index (Phi) is 9.83. The topological polar surface area (TPSA) is 15.7 Å². The fourth-order valence-electron chi connectivity index (χ4n) is 15.5. The van der Waals surface area contributed by atoms with E-state index in [9.17, 15) is 0 Å². The highest BCUT2D eigenvalue weighted by molar-refractivity contribution is 6.95. The predicted octanol–water partition coefficient (Wildman–Crippen LogP) is 16.9. The molecule has 4 heteroatoms. The van der Waals surface area contributed by atoms with Crippen LogP contribution < -0.4 is 20.7 Å². The Balaban J connectivity index is 1.24. The van der Waals surface area contributed by atoms with Crippen LogP contribution in [0.25, 0.3) is 11.1 Å². The highest BCUT2D eigenvalue weighted by Gasteiger charge is 2.61. The molecule has 4 aliphatic carbocycles. The molecule has 0 N–H and O–H groups in total. The van der Waals surface area contributed by atoms with E-state index in [1.165, 1.54) is 140 Å². The molecule has 3 aliphatic heterocycles. The molecule has 12 rings (SSSR count). The van der Waals surface area contributed by atoms with Crippen molar-refractivity contribution in [2.45, 2.75) is 208 Å². The molecule has 2 unspecified atom stereocenters. The number of benzene rings is 5. The first kappa shape index (κ1) is 47.3. The van der Waals surface area contributed by atoms with Crippen molar-refractivity contribution in [3.63, 3.8) is 0 Å². The van der Waals surface area contributed by atoms with Gasteiger partial charge in [-0.15, -0.1) is 0 Å². The van der Waals surface area contributed by atoms with Gasteiger partial charge in [0.05, 0.1) is 0 Å². The van der Waals surface area contributed by atoms with Gasteiger partial charge in [0, 0.05) is 39.8 Å². The Morgan fingerprint density at radius 3 is 1.44 bits per heavy atom. The smallest absolute Gasteiger partial charge is 0.252 e. The largest absolute Gasteiger partial charge is 0.475 e. The van der Waals surface area contributed by atoms with Crippen LogP contribution in [0.4, 0.5) is 28.4 Å². The summed E-state index contributed by atoms with van der Waals surface area (Å²) in [6.45, 7) is 42.3. The fraction of sp³-hybridized carbons (Fsp3) is 0.522. The van der Waals surface area contributed by atoms with E-state index in [4.69, 9.17) is 4.74 Å². The van der Waals surface area contributed by atoms with Gasteiger partial charge < -0.3 is 9.64 Å². The van der Waals surface area contributed by atoms with Crippen molar-refractivity contribution in [2.75, 3.05) is 9.80 Å². The van der Waals surface area contributed by atoms with Gasteiger partial charge in [0.2, 0.25) is 0 Å². The van der Waals surface area contributed by atoms with Crippen LogP contribution >= 0.6 is 0 Å². The van der Waals surface area contributed by atoms with Gasteiger partial charge >= 0.3 is 0 Å². The Morgan fingerprint density at radius 2 is 0.901 bits per heavy atom. The molecule has 2 atom stereocenters. The van der Waals surface area contributed by atoms with Crippen molar-refractivity contribution >= 4 is 46.1 Å². The number of anilines is 5. The minimum atomic E-state index is 0.00149. The van der Waals surface area contributed by atoms with Crippen LogP contribution in [0.5, 0.6) is 0 Å².